The molecule has 0 radical (unpaired) electrons. The molecule has 0 saturated carbocycles. The van der Waals surface area contributed by atoms with E-state index in [0.717, 1.165) is 60.8 Å². The van der Waals surface area contributed by atoms with Crippen LogP contribution in [0.3, 0.4) is 0 Å². The Hall–Kier alpha value is -4.78. The molecule has 5 rings (SSSR count). The standard InChI is InChI=1S/C51H73N5O6S/c1-16-17-18-19-20-21-26-61-41-25-24-36(51(13,14)32-48(4,5)6)30-42(41)63(58,59,60)55-39-29-35(23-22-34(39)3)45-53-46-43(40(52-15)31-56(46)54-45)47(57)62-44-37(49(7,8)9)27-33(2)28-38(44)50(10,11)12/h22-25,27-31H,15-21,26,32H2,1-14H3,(H,53,54)(H3,55,58,59,60). The number of ether oxygens (including phenoxy) is 2. The van der Waals surface area contributed by atoms with Crippen molar-refractivity contribution >= 4 is 39.5 Å². The number of nitrogens with zero attached hydrogens (tertiary/aromatic N) is 3. The van der Waals surface area contributed by atoms with E-state index in [4.69, 9.17) is 14.5 Å². The smallest absolute Gasteiger partial charge is 0.349 e. The average Bonchev–Trinajstić information content (AvgIpc) is 3.72. The maximum atomic E-state index is 14.8. The Labute approximate surface area is 376 Å². The Balaban J connectivity index is 1.53. The third-order valence-corrected chi connectivity index (χ3v) is 13.2. The van der Waals surface area contributed by atoms with Crippen LogP contribution in [0, 0.1) is 19.3 Å². The Morgan fingerprint density at radius 2 is 1.49 bits per heavy atom. The molecule has 0 spiro atoms. The highest BCUT2D eigenvalue weighted by molar-refractivity contribution is 8.11. The van der Waals surface area contributed by atoms with Gasteiger partial charge < -0.3 is 9.47 Å². The van der Waals surface area contributed by atoms with Gasteiger partial charge in [0, 0.05) is 16.7 Å². The highest BCUT2D eigenvalue weighted by Gasteiger charge is 2.39. The van der Waals surface area contributed by atoms with E-state index in [1.165, 1.54) is 6.42 Å². The van der Waals surface area contributed by atoms with Crippen LogP contribution in [0.5, 0.6) is 11.5 Å². The maximum Gasteiger partial charge on any atom is 0.349 e. The largest absolute Gasteiger partial charge is 0.492 e. The second-order valence-electron chi connectivity index (χ2n) is 21.3. The number of rotatable bonds is 17. The lowest BCUT2D eigenvalue weighted by Gasteiger charge is -2.37. The topological polar surface area (TPSA) is 151 Å². The molecule has 11 nitrogen and oxygen atoms in total. The third-order valence-electron chi connectivity index (χ3n) is 11.5. The number of hydrogen-bond donors (Lipinski definition) is 4. The first-order valence-corrected chi connectivity index (χ1v) is 24.2. The Morgan fingerprint density at radius 1 is 0.873 bits per heavy atom. The molecule has 0 aliphatic rings. The first kappa shape index (κ1) is 49.2. The molecular weight excluding hydrogens is 811 g/mol. The van der Waals surface area contributed by atoms with Crippen LogP contribution in [-0.2, 0) is 26.1 Å². The van der Waals surface area contributed by atoms with E-state index in [1.807, 2.05) is 13.0 Å². The summed E-state index contributed by atoms with van der Waals surface area (Å²) in [6, 6.07) is 14.6. The fraction of sp³-hybridized carbons (Fsp3) is 0.510. The zero-order chi connectivity index (χ0) is 46.9. The fourth-order valence-electron chi connectivity index (χ4n) is 8.47. The van der Waals surface area contributed by atoms with Crippen LogP contribution in [0.25, 0.3) is 17.0 Å². The van der Waals surface area contributed by atoms with Gasteiger partial charge in [0.1, 0.15) is 22.0 Å². The van der Waals surface area contributed by atoms with Crippen molar-refractivity contribution in [1.29, 1.82) is 0 Å². The maximum absolute atomic E-state index is 14.8. The van der Waals surface area contributed by atoms with Gasteiger partial charge in [0.25, 0.3) is 0 Å². The molecule has 12 heteroatoms. The predicted octanol–water partition coefficient (Wildman–Crippen LogP) is 13.7. The molecule has 0 fully saturated rings. The lowest BCUT2D eigenvalue weighted by molar-refractivity contribution is 0.0731. The number of hydrogen-bond acceptors (Lipinski definition) is 6. The van der Waals surface area contributed by atoms with Crippen LogP contribution in [0.2, 0.25) is 0 Å². The van der Waals surface area contributed by atoms with Gasteiger partial charge in [-0.25, -0.2) is 18.5 Å². The molecule has 0 saturated heterocycles. The van der Waals surface area contributed by atoms with Crippen molar-refractivity contribution in [2.45, 2.75) is 163 Å². The Morgan fingerprint density at radius 3 is 2.08 bits per heavy atom. The van der Waals surface area contributed by atoms with E-state index in [1.54, 1.807) is 48.0 Å². The Bertz CT molecular complexity index is 2500. The lowest BCUT2D eigenvalue weighted by atomic mass is 9.72. The number of fused-ring (bicyclic) bond motifs is 1. The third kappa shape index (κ3) is 11.7. The second kappa shape index (κ2) is 18.0. The second-order valence-corrected chi connectivity index (χ2v) is 23.7. The lowest BCUT2D eigenvalue weighted by Crippen LogP contribution is -2.41. The van der Waals surface area contributed by atoms with Crippen LogP contribution >= 0.6 is 0 Å². The van der Waals surface area contributed by atoms with Crippen molar-refractivity contribution < 1.29 is 27.6 Å². The molecule has 0 aliphatic heterocycles. The van der Waals surface area contributed by atoms with Gasteiger partial charge >= 0.3 is 5.97 Å². The molecule has 63 heavy (non-hydrogen) atoms. The zero-order valence-corrected chi connectivity index (χ0v) is 41.2. The molecule has 4 N–H and O–H groups in total. The Kier molecular flexibility index (Phi) is 14.1. The van der Waals surface area contributed by atoms with Gasteiger partial charge in [-0.05, 0) is 84.4 Å². The van der Waals surface area contributed by atoms with E-state index in [-0.39, 0.29) is 43.8 Å². The minimum absolute atomic E-state index is 0.0264. The first-order chi connectivity index (χ1) is 29.0. The highest BCUT2D eigenvalue weighted by Crippen LogP contribution is 2.45. The number of esters is 1. The number of anilines is 1. The van der Waals surface area contributed by atoms with Gasteiger partial charge in [0.05, 0.1) is 24.2 Å². The molecule has 2 heterocycles. The van der Waals surface area contributed by atoms with Crippen LogP contribution in [0.4, 0.5) is 11.4 Å². The van der Waals surface area contributed by atoms with E-state index < -0.39 is 21.2 Å². The molecule has 0 unspecified atom stereocenters. The van der Waals surface area contributed by atoms with E-state index >= 15 is 0 Å². The number of aromatic amines is 1. The molecule has 0 amide bonds. The molecule has 344 valence electrons. The number of nitrogens with one attached hydrogen (secondary N) is 2. The van der Waals surface area contributed by atoms with Gasteiger partial charge in [-0.3, -0.25) is 23.9 Å². The normalized spacial score (nSPS) is 13.5. The summed E-state index contributed by atoms with van der Waals surface area (Å²) < 4.78 is 55.6. The number of aromatic nitrogens is 3. The molecule has 0 bridgehead atoms. The number of aliphatic imine (C=N–C) groups is 1. The number of H-pyrrole nitrogens is 1. The summed E-state index contributed by atoms with van der Waals surface area (Å²) in [6.45, 7) is 33.3. The SMILES string of the molecule is C=Nc1cn2[nH]c(-c3ccc(C)c(NS(=O)(O)(O)c4cc(C(C)(C)CC(C)(C)C)ccc4OCCCCCCCC)c3)nc2c1C(=O)Oc1c(C(C)(C)C)cc(C)cc1C(C)(C)C. The van der Waals surface area contributed by atoms with Crippen LogP contribution < -0.4 is 14.2 Å². The summed E-state index contributed by atoms with van der Waals surface area (Å²) in [7, 11) is -5.83. The molecule has 3 aromatic carbocycles. The number of carbonyl (C=O) groups is 1. The van der Waals surface area contributed by atoms with Crippen molar-refractivity contribution in [1.82, 2.24) is 14.6 Å². The van der Waals surface area contributed by atoms with Gasteiger partial charge in [-0.2, -0.15) is 0 Å². The van der Waals surface area contributed by atoms with Crippen molar-refractivity contribution in [2.75, 3.05) is 11.3 Å². The van der Waals surface area contributed by atoms with Crippen LogP contribution in [0.1, 0.15) is 166 Å². The van der Waals surface area contributed by atoms with Crippen molar-refractivity contribution in [3.8, 4) is 22.9 Å². The van der Waals surface area contributed by atoms with E-state index in [2.05, 4.69) is 117 Å². The quantitative estimate of drug-likeness (QED) is 0.0314. The minimum Gasteiger partial charge on any atom is -0.492 e. The van der Waals surface area contributed by atoms with Gasteiger partial charge in [0.15, 0.2) is 21.3 Å². The van der Waals surface area contributed by atoms with E-state index in [0.29, 0.717) is 35.0 Å². The minimum atomic E-state index is -5.83. The number of carbonyl (C=O) groups excluding carboxylic acids is 1. The molecule has 0 aliphatic carbocycles. The molecular formula is C51H73N5O6S. The summed E-state index contributed by atoms with van der Waals surface area (Å²) in [5, 5.41) is 3.22. The number of benzene rings is 3. The van der Waals surface area contributed by atoms with Gasteiger partial charge in [-0.1, -0.05) is 151 Å². The zero-order valence-electron chi connectivity index (χ0n) is 40.3. The van der Waals surface area contributed by atoms with Crippen LogP contribution in [-0.4, -0.2) is 47.2 Å². The molecule has 5 aromatic rings. The van der Waals surface area contributed by atoms with Crippen molar-refractivity contribution in [3.63, 3.8) is 0 Å². The number of aryl methyl sites for hydroxylation is 2. The van der Waals surface area contributed by atoms with Crippen LogP contribution in [0.15, 0.2) is 64.6 Å². The average molecular weight is 884 g/mol. The monoisotopic (exact) mass is 884 g/mol. The molecule has 0 atom stereocenters. The fourth-order valence-corrected chi connectivity index (χ4v) is 10.0. The van der Waals surface area contributed by atoms with E-state index in [9.17, 15) is 18.1 Å². The predicted molar refractivity (Wildman–Crippen MR) is 260 cm³/mol. The summed E-state index contributed by atoms with van der Waals surface area (Å²) in [5.41, 5.74) is 4.64. The molecule has 2 aromatic heterocycles. The number of unbranched alkanes of at least 4 members (excludes halogenated alkanes) is 5. The van der Waals surface area contributed by atoms with Crippen molar-refractivity contribution in [3.05, 3.63) is 88.1 Å². The summed E-state index contributed by atoms with van der Waals surface area (Å²) in [6.07, 6.45) is 8.77. The summed E-state index contributed by atoms with van der Waals surface area (Å²) >= 11 is 0. The first-order valence-electron chi connectivity index (χ1n) is 22.3. The van der Waals surface area contributed by atoms with Crippen molar-refractivity contribution in [2.24, 2.45) is 10.4 Å². The summed E-state index contributed by atoms with van der Waals surface area (Å²) in [4.78, 5) is 23.1. The summed E-state index contributed by atoms with van der Waals surface area (Å²) in [5.74, 6) is 0.377. The van der Waals surface area contributed by atoms with Gasteiger partial charge in [-0.15, -0.1) is 0 Å². The highest BCUT2D eigenvalue weighted by atomic mass is 32.3. The van der Waals surface area contributed by atoms with Gasteiger partial charge in [0.2, 0.25) is 0 Å².